The second-order valence-corrected chi connectivity index (χ2v) is 8.54. The van der Waals surface area contributed by atoms with E-state index in [0.717, 1.165) is 28.1 Å². The summed E-state index contributed by atoms with van der Waals surface area (Å²) in [6.07, 6.45) is 2.88. The van der Waals surface area contributed by atoms with Gasteiger partial charge in [-0.1, -0.05) is 49.9 Å². The van der Waals surface area contributed by atoms with Crippen LogP contribution < -0.4 is 10.2 Å². The highest BCUT2D eigenvalue weighted by molar-refractivity contribution is 8.04. The fourth-order valence-electron chi connectivity index (χ4n) is 3.00. The van der Waals surface area contributed by atoms with Gasteiger partial charge in [-0.15, -0.1) is 0 Å². The standard InChI is InChI=1S/C23H26N2O2S/c1-15(2)11-12-24-22(26)18-9-10-20-19(13-18)25(4)23(27)21(28-20)14-17-8-6-5-7-16(17)3/h5-10,13-15H,11-12H2,1-4H3,(H,24,26). The highest BCUT2D eigenvalue weighted by Crippen LogP contribution is 2.42. The zero-order valence-corrected chi connectivity index (χ0v) is 17.6. The summed E-state index contributed by atoms with van der Waals surface area (Å²) in [4.78, 5) is 28.6. The Bertz CT molecular complexity index is 934. The molecule has 146 valence electrons. The lowest BCUT2D eigenvalue weighted by atomic mass is 10.1. The van der Waals surface area contributed by atoms with Crippen LogP contribution in [0.3, 0.4) is 0 Å². The third-order valence-corrected chi connectivity index (χ3v) is 5.88. The summed E-state index contributed by atoms with van der Waals surface area (Å²) in [6.45, 7) is 6.95. The van der Waals surface area contributed by atoms with Gasteiger partial charge in [0.05, 0.1) is 10.6 Å². The molecule has 0 radical (unpaired) electrons. The van der Waals surface area contributed by atoms with Crippen molar-refractivity contribution in [1.82, 2.24) is 5.32 Å². The second kappa shape index (κ2) is 8.65. The number of rotatable bonds is 5. The quantitative estimate of drug-likeness (QED) is 0.735. The van der Waals surface area contributed by atoms with Crippen LogP contribution in [0.15, 0.2) is 52.3 Å². The van der Waals surface area contributed by atoms with Crippen LogP contribution in [0, 0.1) is 12.8 Å². The molecule has 0 saturated heterocycles. The van der Waals surface area contributed by atoms with Crippen molar-refractivity contribution in [3.8, 4) is 0 Å². The van der Waals surface area contributed by atoms with E-state index < -0.39 is 0 Å². The number of amides is 2. The van der Waals surface area contributed by atoms with Gasteiger partial charge in [-0.05, 0) is 54.7 Å². The Morgan fingerprint density at radius 2 is 1.96 bits per heavy atom. The number of benzene rings is 2. The molecule has 1 aliphatic rings. The van der Waals surface area contributed by atoms with Crippen LogP contribution in [0.1, 0.15) is 41.8 Å². The number of hydrogen-bond acceptors (Lipinski definition) is 3. The molecule has 2 aromatic carbocycles. The minimum absolute atomic E-state index is 0.0573. The zero-order valence-electron chi connectivity index (χ0n) is 16.8. The van der Waals surface area contributed by atoms with E-state index in [2.05, 4.69) is 19.2 Å². The van der Waals surface area contributed by atoms with Gasteiger partial charge >= 0.3 is 0 Å². The Kier molecular flexibility index (Phi) is 6.25. The number of hydrogen-bond donors (Lipinski definition) is 1. The van der Waals surface area contributed by atoms with Gasteiger partial charge < -0.3 is 10.2 Å². The first-order chi connectivity index (χ1) is 13.4. The number of anilines is 1. The van der Waals surface area contributed by atoms with Crippen LogP contribution in [0.2, 0.25) is 0 Å². The highest BCUT2D eigenvalue weighted by atomic mass is 32.2. The van der Waals surface area contributed by atoms with E-state index in [4.69, 9.17) is 0 Å². The minimum Gasteiger partial charge on any atom is -0.352 e. The zero-order chi connectivity index (χ0) is 20.3. The number of carbonyl (C=O) groups excluding carboxylic acids is 2. The average molecular weight is 395 g/mol. The first-order valence-corrected chi connectivity index (χ1v) is 10.3. The number of aryl methyl sites for hydroxylation is 1. The lowest BCUT2D eigenvalue weighted by Gasteiger charge is -2.27. The topological polar surface area (TPSA) is 49.4 Å². The Balaban J connectivity index is 1.83. The number of fused-ring (bicyclic) bond motifs is 1. The van der Waals surface area contributed by atoms with Crippen LogP contribution >= 0.6 is 11.8 Å². The van der Waals surface area contributed by atoms with Crippen molar-refractivity contribution in [2.45, 2.75) is 32.1 Å². The van der Waals surface area contributed by atoms with Gasteiger partial charge in [0.15, 0.2) is 0 Å². The number of nitrogens with one attached hydrogen (secondary N) is 1. The maximum atomic E-state index is 12.9. The van der Waals surface area contributed by atoms with Gasteiger partial charge in [0.2, 0.25) is 0 Å². The van der Waals surface area contributed by atoms with Crippen LogP contribution in [0.25, 0.3) is 6.08 Å². The molecule has 1 heterocycles. The van der Waals surface area contributed by atoms with Gasteiger partial charge in [0, 0.05) is 24.1 Å². The second-order valence-electron chi connectivity index (χ2n) is 7.45. The third kappa shape index (κ3) is 4.47. The predicted molar refractivity (Wildman–Crippen MR) is 117 cm³/mol. The van der Waals surface area contributed by atoms with E-state index in [0.29, 0.717) is 22.9 Å². The van der Waals surface area contributed by atoms with Gasteiger partial charge in [-0.25, -0.2) is 0 Å². The van der Waals surface area contributed by atoms with Crippen molar-refractivity contribution >= 4 is 35.3 Å². The SMILES string of the molecule is Cc1ccccc1C=C1Sc2ccc(C(=O)NCCC(C)C)cc2N(C)C1=O. The fraction of sp³-hybridized carbons (Fsp3) is 0.304. The van der Waals surface area contributed by atoms with E-state index in [9.17, 15) is 9.59 Å². The molecule has 0 bridgehead atoms. The van der Waals surface area contributed by atoms with Crippen LogP contribution in [-0.4, -0.2) is 25.4 Å². The number of carbonyl (C=O) groups is 2. The summed E-state index contributed by atoms with van der Waals surface area (Å²) < 4.78 is 0. The number of thioether (sulfide) groups is 1. The molecule has 2 amide bonds. The highest BCUT2D eigenvalue weighted by Gasteiger charge is 2.27. The molecule has 5 heteroatoms. The van der Waals surface area contributed by atoms with Crippen molar-refractivity contribution in [3.05, 3.63) is 64.1 Å². The lowest BCUT2D eigenvalue weighted by molar-refractivity contribution is -0.114. The van der Waals surface area contributed by atoms with Gasteiger partial charge in [0.1, 0.15) is 0 Å². The summed E-state index contributed by atoms with van der Waals surface area (Å²) in [5, 5.41) is 2.95. The van der Waals surface area contributed by atoms with Crippen molar-refractivity contribution in [1.29, 1.82) is 0 Å². The summed E-state index contributed by atoms with van der Waals surface area (Å²) in [7, 11) is 1.76. The van der Waals surface area contributed by atoms with E-state index in [-0.39, 0.29) is 11.8 Å². The maximum absolute atomic E-state index is 12.9. The summed E-state index contributed by atoms with van der Waals surface area (Å²) in [5.41, 5.74) is 3.52. The Hall–Kier alpha value is -2.53. The fourth-order valence-corrected chi connectivity index (χ4v) is 4.09. The minimum atomic E-state index is -0.101. The van der Waals surface area contributed by atoms with Crippen molar-refractivity contribution in [2.24, 2.45) is 5.92 Å². The Morgan fingerprint density at radius 1 is 1.21 bits per heavy atom. The predicted octanol–water partition coefficient (Wildman–Crippen LogP) is 4.88. The molecule has 0 aromatic heterocycles. The number of nitrogens with zero attached hydrogens (tertiary/aromatic N) is 1. The molecule has 0 saturated carbocycles. The van der Waals surface area contributed by atoms with E-state index in [1.807, 2.05) is 49.4 Å². The van der Waals surface area contributed by atoms with Crippen LogP contribution in [-0.2, 0) is 4.79 Å². The molecular weight excluding hydrogens is 368 g/mol. The first kappa shape index (κ1) is 20.2. The van der Waals surface area contributed by atoms with E-state index in [1.165, 1.54) is 11.8 Å². The normalized spacial score (nSPS) is 15.1. The van der Waals surface area contributed by atoms with Gasteiger partial charge in [-0.2, -0.15) is 0 Å². The smallest absolute Gasteiger partial charge is 0.264 e. The molecule has 0 fully saturated rings. The van der Waals surface area contributed by atoms with Crippen LogP contribution in [0.5, 0.6) is 0 Å². The monoisotopic (exact) mass is 394 g/mol. The maximum Gasteiger partial charge on any atom is 0.264 e. The van der Waals surface area contributed by atoms with Crippen molar-refractivity contribution < 1.29 is 9.59 Å². The summed E-state index contributed by atoms with van der Waals surface area (Å²) in [6, 6.07) is 13.6. The van der Waals surface area contributed by atoms with Gasteiger partial charge in [0.25, 0.3) is 11.8 Å². The van der Waals surface area contributed by atoms with Crippen molar-refractivity contribution in [3.63, 3.8) is 0 Å². The Morgan fingerprint density at radius 3 is 2.68 bits per heavy atom. The molecular formula is C23H26N2O2S. The molecule has 3 rings (SSSR count). The largest absolute Gasteiger partial charge is 0.352 e. The molecule has 0 unspecified atom stereocenters. The van der Waals surface area contributed by atoms with Gasteiger partial charge in [-0.3, -0.25) is 9.59 Å². The van der Waals surface area contributed by atoms with E-state index >= 15 is 0 Å². The Labute approximate surface area is 171 Å². The molecule has 1 N–H and O–H groups in total. The molecule has 0 atom stereocenters. The number of likely N-dealkylation sites (N-methyl/N-ethyl adjacent to an activating group) is 1. The summed E-state index contributed by atoms with van der Waals surface area (Å²) >= 11 is 1.45. The third-order valence-electron chi connectivity index (χ3n) is 4.80. The lowest BCUT2D eigenvalue weighted by Crippen LogP contribution is -2.31. The average Bonchev–Trinajstić information content (AvgIpc) is 2.67. The van der Waals surface area contributed by atoms with Crippen molar-refractivity contribution in [2.75, 3.05) is 18.5 Å². The molecule has 0 spiro atoms. The molecule has 1 aliphatic heterocycles. The molecule has 0 aliphatic carbocycles. The molecule has 28 heavy (non-hydrogen) atoms. The summed E-state index contributed by atoms with van der Waals surface area (Å²) in [5.74, 6) is 0.385. The first-order valence-electron chi connectivity index (χ1n) is 9.52. The molecule has 4 nitrogen and oxygen atoms in total. The molecule has 2 aromatic rings. The van der Waals surface area contributed by atoms with E-state index in [1.54, 1.807) is 18.0 Å². The van der Waals surface area contributed by atoms with Crippen LogP contribution in [0.4, 0.5) is 5.69 Å².